The van der Waals surface area contributed by atoms with Gasteiger partial charge in [-0.1, -0.05) is 54.6 Å². The van der Waals surface area contributed by atoms with Crippen molar-refractivity contribution < 1.29 is 24.5 Å². The minimum atomic E-state index is -0.542. The van der Waals surface area contributed by atoms with E-state index < -0.39 is 12.2 Å². The third-order valence-electron chi connectivity index (χ3n) is 6.16. The number of carbonyl (C=O) groups excluding carboxylic acids is 1. The molecule has 5 heteroatoms. The van der Waals surface area contributed by atoms with E-state index in [0.29, 0.717) is 19.3 Å². The summed E-state index contributed by atoms with van der Waals surface area (Å²) in [6.07, 6.45) is 11.9. The standard InChI is InChI=1S/C29H44O5/c1-21(2)33-28-20-27(31)25(19-18-24(30)17-16-23-12-8-7-9-13-23)26(28)14-10-5-6-11-15-29(32)34-22(3)4/h5,7-10,12-13,18-19,21-22,24-28,30-31H,6,11,14-17,20H2,1-4H3/b10-5-,19-18+/t24-,25+,26+,27+,28-/m0/s1. The molecule has 0 amide bonds. The van der Waals surface area contributed by atoms with E-state index in [1.54, 1.807) is 0 Å². The van der Waals surface area contributed by atoms with E-state index in [2.05, 4.69) is 24.3 Å². The third kappa shape index (κ3) is 10.5. The maximum Gasteiger partial charge on any atom is 0.306 e. The summed E-state index contributed by atoms with van der Waals surface area (Å²) in [6.45, 7) is 7.76. The van der Waals surface area contributed by atoms with Gasteiger partial charge in [0.1, 0.15) is 0 Å². The van der Waals surface area contributed by atoms with Crippen LogP contribution < -0.4 is 0 Å². The van der Waals surface area contributed by atoms with Gasteiger partial charge in [-0.2, -0.15) is 0 Å². The lowest BCUT2D eigenvalue weighted by atomic mass is 9.89. The number of esters is 1. The molecule has 2 rings (SSSR count). The molecule has 2 N–H and O–H groups in total. The molecular weight excluding hydrogens is 428 g/mol. The smallest absolute Gasteiger partial charge is 0.306 e. The fourth-order valence-corrected chi connectivity index (χ4v) is 4.56. The number of allylic oxidation sites excluding steroid dienone is 2. The van der Waals surface area contributed by atoms with Gasteiger partial charge in [-0.15, -0.1) is 0 Å². The molecule has 0 spiro atoms. The van der Waals surface area contributed by atoms with Crippen LogP contribution in [0.5, 0.6) is 0 Å². The number of benzene rings is 1. The Labute approximate surface area is 205 Å². The molecule has 0 unspecified atom stereocenters. The Morgan fingerprint density at radius 3 is 2.53 bits per heavy atom. The molecule has 1 aromatic rings. The molecule has 34 heavy (non-hydrogen) atoms. The van der Waals surface area contributed by atoms with Gasteiger partial charge in [-0.3, -0.25) is 4.79 Å². The highest BCUT2D eigenvalue weighted by Gasteiger charge is 2.41. The van der Waals surface area contributed by atoms with Crippen molar-refractivity contribution in [3.05, 3.63) is 60.2 Å². The van der Waals surface area contributed by atoms with Crippen molar-refractivity contribution in [2.24, 2.45) is 11.8 Å². The Morgan fingerprint density at radius 1 is 1.12 bits per heavy atom. The van der Waals surface area contributed by atoms with E-state index in [-0.39, 0.29) is 36.1 Å². The minimum absolute atomic E-state index is 0.0169. The third-order valence-corrected chi connectivity index (χ3v) is 6.16. The summed E-state index contributed by atoms with van der Waals surface area (Å²) in [5.41, 5.74) is 1.21. The van der Waals surface area contributed by atoms with E-state index in [1.807, 2.05) is 58.0 Å². The maximum absolute atomic E-state index is 11.7. The average molecular weight is 473 g/mol. The largest absolute Gasteiger partial charge is 0.463 e. The van der Waals surface area contributed by atoms with Crippen LogP contribution >= 0.6 is 0 Å². The number of hydrogen-bond acceptors (Lipinski definition) is 5. The molecule has 1 fully saturated rings. The molecule has 0 saturated heterocycles. The molecule has 1 aliphatic carbocycles. The van der Waals surface area contributed by atoms with E-state index in [9.17, 15) is 15.0 Å². The number of aliphatic hydroxyl groups is 2. The molecular formula is C29H44O5. The Morgan fingerprint density at radius 2 is 1.85 bits per heavy atom. The van der Waals surface area contributed by atoms with Crippen LogP contribution in [0.25, 0.3) is 0 Å². The van der Waals surface area contributed by atoms with Crippen LogP contribution in [0.15, 0.2) is 54.6 Å². The fraction of sp³-hybridized carbons (Fsp3) is 0.621. The second kappa shape index (κ2) is 15.1. The van der Waals surface area contributed by atoms with Crippen LogP contribution in [-0.4, -0.2) is 46.7 Å². The molecule has 0 radical (unpaired) electrons. The molecule has 0 aromatic heterocycles. The maximum atomic E-state index is 11.7. The lowest BCUT2D eigenvalue weighted by molar-refractivity contribution is -0.147. The van der Waals surface area contributed by atoms with Gasteiger partial charge >= 0.3 is 5.97 Å². The van der Waals surface area contributed by atoms with Crippen molar-refractivity contribution in [2.75, 3.05) is 0 Å². The first kappa shape index (κ1) is 28.3. The topological polar surface area (TPSA) is 76.0 Å². The normalized spacial score (nSPS) is 24.0. The molecule has 5 nitrogen and oxygen atoms in total. The summed E-state index contributed by atoms with van der Waals surface area (Å²) >= 11 is 0. The molecule has 1 aliphatic rings. The fourth-order valence-electron chi connectivity index (χ4n) is 4.56. The Balaban J connectivity index is 1.89. The van der Waals surface area contributed by atoms with Gasteiger partial charge in [-0.05, 0) is 71.3 Å². The van der Waals surface area contributed by atoms with Gasteiger partial charge in [-0.25, -0.2) is 0 Å². The summed E-state index contributed by atoms with van der Waals surface area (Å²) in [5.74, 6) is -0.0540. The zero-order valence-corrected chi connectivity index (χ0v) is 21.3. The van der Waals surface area contributed by atoms with Crippen molar-refractivity contribution >= 4 is 5.97 Å². The molecule has 0 aliphatic heterocycles. The Kier molecular flexibility index (Phi) is 12.6. The summed E-state index contributed by atoms with van der Waals surface area (Å²) in [7, 11) is 0. The summed E-state index contributed by atoms with van der Waals surface area (Å²) in [4.78, 5) is 11.7. The molecule has 1 saturated carbocycles. The van der Waals surface area contributed by atoms with Crippen molar-refractivity contribution in [1.82, 2.24) is 0 Å². The van der Waals surface area contributed by atoms with Crippen molar-refractivity contribution in [3.8, 4) is 0 Å². The van der Waals surface area contributed by atoms with E-state index in [1.165, 1.54) is 5.56 Å². The molecule has 0 bridgehead atoms. The van der Waals surface area contributed by atoms with Crippen LogP contribution in [0, 0.1) is 11.8 Å². The molecule has 190 valence electrons. The van der Waals surface area contributed by atoms with Crippen LogP contribution in [0.3, 0.4) is 0 Å². The summed E-state index contributed by atoms with van der Waals surface area (Å²) in [5, 5.41) is 21.2. The van der Waals surface area contributed by atoms with Crippen molar-refractivity contribution in [1.29, 1.82) is 0 Å². The number of ether oxygens (including phenoxy) is 2. The molecule has 1 aromatic carbocycles. The van der Waals surface area contributed by atoms with Gasteiger partial charge in [0.15, 0.2) is 0 Å². The van der Waals surface area contributed by atoms with Gasteiger partial charge < -0.3 is 19.7 Å². The van der Waals surface area contributed by atoms with Gasteiger partial charge in [0.25, 0.3) is 0 Å². The van der Waals surface area contributed by atoms with E-state index >= 15 is 0 Å². The second-order valence-electron chi connectivity index (χ2n) is 9.88. The Hall–Kier alpha value is -1.95. The van der Waals surface area contributed by atoms with E-state index in [0.717, 1.165) is 25.7 Å². The van der Waals surface area contributed by atoms with Gasteiger partial charge in [0, 0.05) is 18.8 Å². The highest BCUT2D eigenvalue weighted by atomic mass is 16.5. The Bertz CT molecular complexity index is 755. The summed E-state index contributed by atoms with van der Waals surface area (Å²) < 4.78 is 11.3. The molecule has 0 heterocycles. The van der Waals surface area contributed by atoms with Crippen LogP contribution in [0.2, 0.25) is 0 Å². The number of rotatable bonds is 14. The highest BCUT2D eigenvalue weighted by molar-refractivity contribution is 5.69. The minimum Gasteiger partial charge on any atom is -0.463 e. The first-order valence-electron chi connectivity index (χ1n) is 12.8. The van der Waals surface area contributed by atoms with E-state index in [4.69, 9.17) is 9.47 Å². The number of unbranched alkanes of at least 4 members (excludes halogenated alkanes) is 1. The van der Waals surface area contributed by atoms with Gasteiger partial charge in [0.2, 0.25) is 0 Å². The zero-order chi connectivity index (χ0) is 24.9. The lowest BCUT2D eigenvalue weighted by Gasteiger charge is -2.24. The lowest BCUT2D eigenvalue weighted by Crippen LogP contribution is -2.25. The predicted octanol–water partition coefficient (Wildman–Crippen LogP) is 5.40. The van der Waals surface area contributed by atoms with Gasteiger partial charge in [0.05, 0.1) is 30.5 Å². The SMILES string of the molecule is CC(C)OC(=O)CCC/C=C\C[C@@H]1[C@@H](/C=C/[C@@H](O)CCc2ccccc2)[C@H](O)C[C@@H]1OC(C)C. The first-order valence-corrected chi connectivity index (χ1v) is 12.8. The second-order valence-corrected chi connectivity index (χ2v) is 9.88. The van der Waals surface area contributed by atoms with Crippen LogP contribution in [0.1, 0.15) is 71.8 Å². The van der Waals surface area contributed by atoms with Crippen LogP contribution in [-0.2, 0) is 20.7 Å². The number of carbonyl (C=O) groups is 1. The van der Waals surface area contributed by atoms with Crippen molar-refractivity contribution in [3.63, 3.8) is 0 Å². The summed E-state index contributed by atoms with van der Waals surface area (Å²) in [6, 6.07) is 10.2. The zero-order valence-electron chi connectivity index (χ0n) is 21.3. The number of hydrogen-bond donors (Lipinski definition) is 2. The average Bonchev–Trinajstić information content (AvgIpc) is 3.06. The monoisotopic (exact) mass is 472 g/mol. The number of aryl methyl sites for hydroxylation is 1. The predicted molar refractivity (Wildman–Crippen MR) is 136 cm³/mol. The molecule has 5 atom stereocenters. The van der Waals surface area contributed by atoms with Crippen molar-refractivity contribution in [2.45, 2.75) is 103 Å². The van der Waals surface area contributed by atoms with Crippen LogP contribution in [0.4, 0.5) is 0 Å². The number of aliphatic hydroxyl groups excluding tert-OH is 2. The highest BCUT2D eigenvalue weighted by Crippen LogP contribution is 2.38. The quantitative estimate of drug-likeness (QED) is 0.216. The first-order chi connectivity index (χ1) is 16.3.